The Morgan fingerprint density at radius 2 is 1.56 bits per heavy atom. The molecular weight excluding hydrogens is 220 g/mol. The molecule has 0 heterocycles. The van der Waals surface area contributed by atoms with E-state index in [1.165, 1.54) is 14.2 Å². The smallest absolute Gasteiger partial charge is 0.335 e. The van der Waals surface area contributed by atoms with Crippen molar-refractivity contribution in [1.29, 1.82) is 0 Å². The quantitative estimate of drug-likeness (QED) is 0.574. The summed E-state index contributed by atoms with van der Waals surface area (Å²) < 4.78 is 0. The van der Waals surface area contributed by atoms with Crippen molar-refractivity contribution in [3.05, 3.63) is 17.7 Å². The molecule has 1 rings (SSSR count). The van der Waals surface area contributed by atoms with Gasteiger partial charge in [0.25, 0.3) is 0 Å². The van der Waals surface area contributed by atoms with E-state index in [1.54, 1.807) is 0 Å². The van der Waals surface area contributed by atoms with Crippen LogP contribution in [0.3, 0.4) is 0 Å². The summed E-state index contributed by atoms with van der Waals surface area (Å²) in [5.74, 6) is -2.00. The molecule has 0 saturated heterocycles. The maximum absolute atomic E-state index is 10.8. The zero-order chi connectivity index (χ0) is 12.1. The second-order valence-corrected chi connectivity index (χ2v) is 2.63. The number of hydrogen-bond donors (Lipinski definition) is 2. The van der Waals surface area contributed by atoms with Crippen molar-refractivity contribution in [2.75, 3.05) is 14.2 Å². The van der Waals surface area contributed by atoms with Gasteiger partial charge in [-0.1, -0.05) is 0 Å². The number of aromatic carboxylic acids is 1. The first-order valence-corrected chi connectivity index (χ1v) is 4.11. The molecule has 0 radical (unpaired) electrons. The van der Waals surface area contributed by atoms with Gasteiger partial charge in [0.05, 0.1) is 19.8 Å². The monoisotopic (exact) mass is 230 g/mol. The number of hydrogen-bond acceptors (Lipinski definition) is 6. The predicted octanol–water partition coefficient (Wildman–Crippen LogP) is 0.971. The summed E-state index contributed by atoms with van der Waals surface area (Å²) in [5, 5.41) is 18.3. The Labute approximate surface area is 90.6 Å². The van der Waals surface area contributed by atoms with Gasteiger partial charge in [0.15, 0.2) is 0 Å². The number of carbonyl (C=O) groups is 1. The average Bonchev–Trinajstić information content (AvgIpc) is 2.24. The minimum atomic E-state index is -1.21. The summed E-state index contributed by atoms with van der Waals surface area (Å²) in [6.45, 7) is 0. The van der Waals surface area contributed by atoms with Gasteiger partial charge in [-0.05, 0) is 0 Å². The van der Waals surface area contributed by atoms with Crippen molar-refractivity contribution in [2.24, 2.45) is 0 Å². The fraction of sp³-hybridized carbons (Fsp3) is 0.222. The van der Waals surface area contributed by atoms with E-state index in [0.29, 0.717) is 0 Å². The van der Waals surface area contributed by atoms with Crippen LogP contribution >= 0.6 is 0 Å². The minimum absolute atomic E-state index is 0.142. The van der Waals surface area contributed by atoms with E-state index in [2.05, 4.69) is 19.6 Å². The van der Waals surface area contributed by atoms with E-state index in [1.807, 2.05) is 0 Å². The van der Waals surface area contributed by atoms with Crippen LogP contribution in [0.4, 0.5) is 0 Å². The van der Waals surface area contributed by atoms with E-state index < -0.39 is 11.7 Å². The Bertz CT molecular complexity index is 360. The Morgan fingerprint density at radius 3 is 1.88 bits per heavy atom. The standard InChI is InChI=1S/C9H10O7/c1-13-15-6-3-5(9(11)12)4-7(8(6)10)16-14-2/h3-4,10H,1-2H3,(H,11,12). The summed E-state index contributed by atoms with van der Waals surface area (Å²) in [5.41, 5.74) is -0.142. The van der Waals surface area contributed by atoms with Crippen molar-refractivity contribution >= 4 is 5.97 Å². The van der Waals surface area contributed by atoms with Gasteiger partial charge in [-0.2, -0.15) is 9.78 Å². The first kappa shape index (κ1) is 12.1. The van der Waals surface area contributed by atoms with Gasteiger partial charge in [-0.3, -0.25) is 0 Å². The second kappa shape index (κ2) is 5.19. The lowest BCUT2D eigenvalue weighted by Crippen LogP contribution is -2.01. The van der Waals surface area contributed by atoms with Crippen LogP contribution in [0.2, 0.25) is 0 Å². The van der Waals surface area contributed by atoms with Crippen molar-refractivity contribution in [2.45, 2.75) is 0 Å². The molecule has 16 heavy (non-hydrogen) atoms. The Hall–Kier alpha value is -1.99. The number of rotatable bonds is 5. The van der Waals surface area contributed by atoms with E-state index in [4.69, 9.17) is 5.11 Å². The van der Waals surface area contributed by atoms with Gasteiger partial charge in [0.2, 0.25) is 17.2 Å². The molecule has 0 bridgehead atoms. The number of phenols is 1. The van der Waals surface area contributed by atoms with Gasteiger partial charge in [-0.15, -0.1) is 0 Å². The zero-order valence-electron chi connectivity index (χ0n) is 8.59. The van der Waals surface area contributed by atoms with Crippen molar-refractivity contribution in [3.8, 4) is 17.2 Å². The predicted molar refractivity (Wildman–Crippen MR) is 50.3 cm³/mol. The van der Waals surface area contributed by atoms with Crippen LogP contribution in [0.15, 0.2) is 12.1 Å². The highest BCUT2D eigenvalue weighted by molar-refractivity contribution is 5.89. The van der Waals surface area contributed by atoms with E-state index >= 15 is 0 Å². The average molecular weight is 230 g/mol. The van der Waals surface area contributed by atoms with Gasteiger partial charge in [0.1, 0.15) is 0 Å². The molecule has 0 aliphatic carbocycles. The molecule has 0 aliphatic rings. The lowest BCUT2D eigenvalue weighted by molar-refractivity contribution is -0.186. The SMILES string of the molecule is COOc1cc(C(=O)O)cc(OOC)c1O. The highest BCUT2D eigenvalue weighted by Crippen LogP contribution is 2.37. The van der Waals surface area contributed by atoms with E-state index in [9.17, 15) is 9.90 Å². The Morgan fingerprint density at radius 1 is 1.12 bits per heavy atom. The molecule has 0 atom stereocenters. The molecule has 1 aromatic rings. The molecule has 0 aromatic heterocycles. The largest absolute Gasteiger partial charge is 0.501 e. The number of aromatic hydroxyl groups is 1. The topological polar surface area (TPSA) is 94.5 Å². The molecule has 7 nitrogen and oxygen atoms in total. The fourth-order valence-electron chi connectivity index (χ4n) is 1.01. The number of carboxylic acid groups (broad SMARTS) is 1. The van der Waals surface area contributed by atoms with Gasteiger partial charge >= 0.3 is 5.97 Å². The molecule has 1 aromatic carbocycles. The minimum Gasteiger partial charge on any atom is -0.501 e. The van der Waals surface area contributed by atoms with Crippen molar-refractivity contribution in [1.82, 2.24) is 0 Å². The molecule has 2 N–H and O–H groups in total. The fourth-order valence-corrected chi connectivity index (χ4v) is 1.01. The van der Waals surface area contributed by atoms with Gasteiger partial charge in [-0.25, -0.2) is 4.79 Å². The summed E-state index contributed by atoms with van der Waals surface area (Å²) in [4.78, 5) is 28.5. The summed E-state index contributed by atoms with van der Waals surface area (Å²) in [6.07, 6.45) is 0. The Balaban J connectivity index is 3.21. The number of carboxylic acids is 1. The van der Waals surface area contributed by atoms with Gasteiger partial charge in [0, 0.05) is 12.1 Å². The van der Waals surface area contributed by atoms with Crippen LogP contribution in [0.25, 0.3) is 0 Å². The third-order valence-corrected chi connectivity index (χ3v) is 1.63. The van der Waals surface area contributed by atoms with Crippen LogP contribution in [-0.4, -0.2) is 30.4 Å². The molecule has 7 heteroatoms. The molecule has 0 fully saturated rings. The maximum Gasteiger partial charge on any atom is 0.335 e. The molecule has 0 saturated carbocycles. The molecule has 0 amide bonds. The first-order valence-electron chi connectivity index (χ1n) is 4.11. The summed E-state index contributed by atoms with van der Waals surface area (Å²) in [6, 6.07) is 2.17. The molecule has 0 unspecified atom stereocenters. The Kier molecular flexibility index (Phi) is 3.92. The molecular formula is C9H10O7. The highest BCUT2D eigenvalue weighted by Gasteiger charge is 2.17. The van der Waals surface area contributed by atoms with E-state index in [0.717, 1.165) is 12.1 Å². The third kappa shape index (κ3) is 2.53. The molecule has 88 valence electrons. The lowest BCUT2D eigenvalue weighted by Gasteiger charge is -2.09. The zero-order valence-corrected chi connectivity index (χ0v) is 8.59. The molecule has 0 spiro atoms. The normalized spacial score (nSPS) is 9.88. The van der Waals surface area contributed by atoms with Crippen molar-refractivity contribution in [3.63, 3.8) is 0 Å². The number of phenolic OH excluding ortho intramolecular Hbond substituents is 1. The van der Waals surface area contributed by atoms with Crippen LogP contribution in [-0.2, 0) is 9.78 Å². The summed E-state index contributed by atoms with van der Waals surface area (Å²) >= 11 is 0. The van der Waals surface area contributed by atoms with Gasteiger partial charge < -0.3 is 20.0 Å². The van der Waals surface area contributed by atoms with Crippen LogP contribution in [0.5, 0.6) is 17.2 Å². The lowest BCUT2D eigenvalue weighted by atomic mass is 10.2. The van der Waals surface area contributed by atoms with Crippen LogP contribution < -0.4 is 9.78 Å². The maximum atomic E-state index is 10.8. The number of benzene rings is 1. The third-order valence-electron chi connectivity index (χ3n) is 1.63. The van der Waals surface area contributed by atoms with Crippen LogP contribution in [0, 0.1) is 0 Å². The molecule has 0 aliphatic heterocycles. The van der Waals surface area contributed by atoms with E-state index in [-0.39, 0.29) is 17.1 Å². The first-order chi connectivity index (χ1) is 7.60. The van der Waals surface area contributed by atoms with Crippen LogP contribution in [0.1, 0.15) is 10.4 Å². The van der Waals surface area contributed by atoms with Crippen molar-refractivity contribution < 1.29 is 34.6 Å². The highest BCUT2D eigenvalue weighted by atomic mass is 17.2. The summed E-state index contributed by atoms with van der Waals surface area (Å²) in [7, 11) is 2.42. The second-order valence-electron chi connectivity index (χ2n) is 2.63.